The first kappa shape index (κ1) is 26.0. The number of amides is 1. The van der Waals surface area contributed by atoms with Crippen LogP contribution in [0.15, 0.2) is 67.0 Å². The Morgan fingerprint density at radius 2 is 1.82 bits per heavy atom. The lowest BCUT2D eigenvalue weighted by Crippen LogP contribution is -2.36. The first-order chi connectivity index (χ1) is 19.0. The van der Waals surface area contributed by atoms with Crippen LogP contribution in [0.3, 0.4) is 0 Å². The number of pyridine rings is 2. The molecule has 4 N–H and O–H groups in total. The fourth-order valence-electron chi connectivity index (χ4n) is 4.22. The van der Waals surface area contributed by atoms with E-state index in [0.717, 1.165) is 37.7 Å². The van der Waals surface area contributed by atoms with Crippen molar-refractivity contribution in [3.8, 4) is 11.4 Å². The molecule has 1 fully saturated rings. The van der Waals surface area contributed by atoms with Crippen LogP contribution in [-0.4, -0.2) is 77.7 Å². The third-order valence-electron chi connectivity index (χ3n) is 6.15. The highest BCUT2D eigenvalue weighted by atomic mass is 16.5. The molecule has 1 aliphatic rings. The first-order valence-electron chi connectivity index (χ1n) is 12.7. The zero-order valence-corrected chi connectivity index (χ0v) is 22.0. The van der Waals surface area contributed by atoms with Crippen LogP contribution in [0.4, 0.5) is 28.8 Å². The van der Waals surface area contributed by atoms with Gasteiger partial charge in [0.05, 0.1) is 18.9 Å². The minimum Gasteiger partial charge on any atom is -0.383 e. The second-order valence-electron chi connectivity index (χ2n) is 9.34. The number of ether oxygens (including phenoxy) is 1. The number of benzene rings is 1. The number of hydrogen-bond acceptors (Lipinski definition) is 10. The molecule has 0 bridgehead atoms. The molecule has 3 aromatic heterocycles. The van der Waals surface area contributed by atoms with Crippen molar-refractivity contribution < 1.29 is 9.53 Å². The van der Waals surface area contributed by atoms with Gasteiger partial charge in [-0.2, -0.15) is 4.98 Å². The highest BCUT2D eigenvalue weighted by molar-refractivity contribution is 6.00. The number of nitrogens with one attached hydrogen (secondary N) is 2. The summed E-state index contributed by atoms with van der Waals surface area (Å²) in [5, 5.41) is 6.78. The van der Waals surface area contributed by atoms with E-state index >= 15 is 0 Å². The zero-order chi connectivity index (χ0) is 27.2. The predicted octanol–water partition coefficient (Wildman–Crippen LogP) is 3.31. The Morgan fingerprint density at radius 1 is 1.05 bits per heavy atom. The highest BCUT2D eigenvalue weighted by Crippen LogP contribution is 2.29. The average Bonchev–Trinajstić information content (AvgIpc) is 2.94. The Labute approximate surface area is 226 Å². The highest BCUT2D eigenvalue weighted by Gasteiger charge is 2.15. The standard InChI is InChI=1S/C28H31N9O2/c1-36(2)13-3-4-24(38)32-20-9-11-30-23(18-20)26-25-22(10-12-31-26)27(29)35-28(34-25)33-19-5-7-21(8-6-19)37-14-16-39-17-15-37/h3-12,18H,13-17H2,1-2H3,(H,30,32,38)(H3,29,33,34,35)/b4-3+. The topological polar surface area (TPSA) is 134 Å². The van der Waals surface area contributed by atoms with E-state index in [1.54, 1.807) is 36.7 Å². The third-order valence-corrected chi connectivity index (χ3v) is 6.15. The number of carbonyl (C=O) groups is 1. The Kier molecular flexibility index (Phi) is 7.90. The molecule has 4 heterocycles. The van der Waals surface area contributed by atoms with Gasteiger partial charge < -0.3 is 30.9 Å². The molecule has 0 saturated carbocycles. The summed E-state index contributed by atoms with van der Waals surface area (Å²) in [5.41, 5.74) is 10.5. The van der Waals surface area contributed by atoms with Crippen molar-refractivity contribution in [2.75, 3.05) is 68.2 Å². The number of hydrogen-bond donors (Lipinski definition) is 3. The summed E-state index contributed by atoms with van der Waals surface area (Å²) >= 11 is 0. The monoisotopic (exact) mass is 525 g/mol. The van der Waals surface area contributed by atoms with E-state index < -0.39 is 0 Å². The van der Waals surface area contributed by atoms with E-state index in [0.29, 0.717) is 46.3 Å². The van der Waals surface area contributed by atoms with Gasteiger partial charge in [-0.05, 0) is 56.6 Å². The number of morpholine rings is 1. The van der Waals surface area contributed by atoms with Crippen LogP contribution in [0.1, 0.15) is 0 Å². The number of aromatic nitrogens is 4. The molecular weight excluding hydrogens is 494 g/mol. The maximum absolute atomic E-state index is 12.3. The second kappa shape index (κ2) is 11.8. The van der Waals surface area contributed by atoms with E-state index in [9.17, 15) is 4.79 Å². The van der Waals surface area contributed by atoms with Crippen molar-refractivity contribution in [3.63, 3.8) is 0 Å². The van der Waals surface area contributed by atoms with Crippen LogP contribution in [0.25, 0.3) is 22.3 Å². The minimum absolute atomic E-state index is 0.224. The molecule has 0 radical (unpaired) electrons. The van der Waals surface area contributed by atoms with Crippen molar-refractivity contribution in [3.05, 3.63) is 67.0 Å². The lowest BCUT2D eigenvalue weighted by molar-refractivity contribution is -0.111. The van der Waals surface area contributed by atoms with Crippen LogP contribution < -0.4 is 21.3 Å². The molecule has 1 aromatic carbocycles. The molecule has 1 amide bonds. The molecule has 1 aliphatic heterocycles. The van der Waals surface area contributed by atoms with Crippen LogP contribution in [0, 0.1) is 0 Å². The van der Waals surface area contributed by atoms with Crippen molar-refractivity contribution in [2.24, 2.45) is 0 Å². The van der Waals surface area contributed by atoms with Crippen molar-refractivity contribution in [1.82, 2.24) is 24.8 Å². The maximum Gasteiger partial charge on any atom is 0.248 e. The van der Waals surface area contributed by atoms with Crippen LogP contribution >= 0.6 is 0 Å². The number of nitrogens with zero attached hydrogens (tertiary/aromatic N) is 6. The Bertz CT molecular complexity index is 1480. The number of nitrogens with two attached hydrogens (primary N) is 1. The number of anilines is 5. The lowest BCUT2D eigenvalue weighted by atomic mass is 10.1. The molecule has 200 valence electrons. The van der Waals surface area contributed by atoms with Crippen LogP contribution in [0.2, 0.25) is 0 Å². The second-order valence-corrected chi connectivity index (χ2v) is 9.34. The molecule has 4 aromatic rings. The van der Waals surface area contributed by atoms with Gasteiger partial charge in [0.15, 0.2) is 0 Å². The number of rotatable bonds is 8. The lowest BCUT2D eigenvalue weighted by Gasteiger charge is -2.28. The molecule has 5 rings (SSSR count). The minimum atomic E-state index is -0.224. The van der Waals surface area contributed by atoms with Gasteiger partial charge in [-0.15, -0.1) is 0 Å². The molecular formula is C28H31N9O2. The van der Waals surface area contributed by atoms with E-state index in [1.165, 1.54) is 6.08 Å². The smallest absolute Gasteiger partial charge is 0.248 e. The molecule has 11 nitrogen and oxygen atoms in total. The van der Waals surface area contributed by atoms with Crippen molar-refractivity contribution in [2.45, 2.75) is 0 Å². The fourth-order valence-corrected chi connectivity index (χ4v) is 4.22. The Morgan fingerprint density at radius 3 is 2.59 bits per heavy atom. The van der Waals surface area contributed by atoms with Crippen LogP contribution in [-0.2, 0) is 9.53 Å². The Balaban J connectivity index is 1.39. The van der Waals surface area contributed by atoms with Crippen LogP contribution in [0.5, 0.6) is 0 Å². The summed E-state index contributed by atoms with van der Waals surface area (Å²) in [7, 11) is 3.88. The molecule has 1 saturated heterocycles. The number of nitrogen functional groups attached to an aromatic ring is 1. The van der Waals surface area contributed by atoms with Gasteiger partial charge in [-0.3, -0.25) is 14.8 Å². The SMILES string of the molecule is CN(C)C/C=C/C(=O)Nc1ccnc(-c2nccc3c(N)nc(Nc4ccc(N5CCOCC5)cc4)nc23)c1. The number of fused-ring (bicyclic) bond motifs is 1. The molecule has 0 aliphatic carbocycles. The van der Waals surface area contributed by atoms with Gasteiger partial charge in [-0.1, -0.05) is 6.08 Å². The Hall–Kier alpha value is -4.61. The normalized spacial score (nSPS) is 13.8. The van der Waals surface area contributed by atoms with E-state index in [1.807, 2.05) is 31.1 Å². The maximum atomic E-state index is 12.3. The molecule has 11 heteroatoms. The zero-order valence-electron chi connectivity index (χ0n) is 22.0. The van der Waals surface area contributed by atoms with Gasteiger partial charge in [-0.25, -0.2) is 4.98 Å². The molecule has 0 atom stereocenters. The largest absolute Gasteiger partial charge is 0.383 e. The average molecular weight is 526 g/mol. The third kappa shape index (κ3) is 6.46. The van der Waals surface area contributed by atoms with Gasteiger partial charge in [0.2, 0.25) is 11.9 Å². The summed E-state index contributed by atoms with van der Waals surface area (Å²) in [6, 6.07) is 13.3. The summed E-state index contributed by atoms with van der Waals surface area (Å²) in [6.07, 6.45) is 6.57. The quantitative estimate of drug-likeness (QED) is 0.294. The predicted molar refractivity (Wildman–Crippen MR) is 154 cm³/mol. The van der Waals surface area contributed by atoms with Gasteiger partial charge >= 0.3 is 0 Å². The van der Waals surface area contributed by atoms with Gasteiger partial charge in [0.1, 0.15) is 17.0 Å². The summed E-state index contributed by atoms with van der Waals surface area (Å²) in [5.74, 6) is 0.452. The summed E-state index contributed by atoms with van der Waals surface area (Å²) in [4.78, 5) is 34.8. The van der Waals surface area contributed by atoms with E-state index in [-0.39, 0.29) is 5.91 Å². The molecule has 0 spiro atoms. The number of carbonyl (C=O) groups excluding carboxylic acids is 1. The van der Waals surface area contributed by atoms with Crippen molar-refractivity contribution in [1.29, 1.82) is 0 Å². The summed E-state index contributed by atoms with van der Waals surface area (Å²) in [6.45, 7) is 3.89. The summed E-state index contributed by atoms with van der Waals surface area (Å²) < 4.78 is 5.44. The number of likely N-dealkylation sites (N-methyl/N-ethyl adjacent to an activating group) is 1. The first-order valence-corrected chi connectivity index (χ1v) is 12.7. The van der Waals surface area contributed by atoms with Crippen molar-refractivity contribution >= 4 is 45.6 Å². The van der Waals surface area contributed by atoms with Gasteiger partial charge in [0.25, 0.3) is 0 Å². The fraction of sp³-hybridized carbons (Fsp3) is 0.250. The molecule has 39 heavy (non-hydrogen) atoms. The molecule has 0 unspecified atom stereocenters. The van der Waals surface area contributed by atoms with Gasteiger partial charge in [0, 0.05) is 60.6 Å². The van der Waals surface area contributed by atoms with E-state index in [4.69, 9.17) is 15.5 Å². The van der Waals surface area contributed by atoms with E-state index in [2.05, 4.69) is 42.6 Å².